The highest BCUT2D eigenvalue weighted by Crippen LogP contribution is 2.49. The van der Waals surface area contributed by atoms with E-state index in [2.05, 4.69) is 20.0 Å². The van der Waals surface area contributed by atoms with Crippen molar-refractivity contribution in [1.82, 2.24) is 24.6 Å². The fraction of sp³-hybridized carbons (Fsp3) is 0.720. The average Bonchev–Trinajstić information content (AvgIpc) is 3.42. The van der Waals surface area contributed by atoms with Gasteiger partial charge in [-0.1, -0.05) is 44.1 Å². The van der Waals surface area contributed by atoms with Gasteiger partial charge in [-0.15, -0.1) is 0 Å². The number of aliphatic hydroxyl groups excluding tert-OH is 1. The summed E-state index contributed by atoms with van der Waals surface area (Å²) in [5.74, 6) is -0.733. The maximum atomic E-state index is 15.8. The minimum Gasteiger partial charge on any atom is -0.476 e. The molecule has 0 amide bonds. The third-order valence-electron chi connectivity index (χ3n) is 5.98. The predicted octanol–water partition coefficient (Wildman–Crippen LogP) is 3.35. The molecule has 2 aromatic heterocycles. The highest BCUT2D eigenvalue weighted by molar-refractivity contribution is 8.13. The van der Waals surface area contributed by atoms with Crippen LogP contribution >= 0.6 is 31.1 Å². The van der Waals surface area contributed by atoms with Crippen molar-refractivity contribution in [2.45, 2.75) is 84.2 Å². The van der Waals surface area contributed by atoms with E-state index in [-0.39, 0.29) is 47.1 Å². The maximum absolute atomic E-state index is 15.8. The maximum Gasteiger partial charge on any atom is 0.406 e. The van der Waals surface area contributed by atoms with Gasteiger partial charge < -0.3 is 25.1 Å². The van der Waals surface area contributed by atoms with Crippen LogP contribution in [0, 0.1) is 5.41 Å². The summed E-state index contributed by atoms with van der Waals surface area (Å²) < 4.78 is 58.0. The van der Waals surface area contributed by atoms with Crippen molar-refractivity contribution >= 4 is 59.3 Å². The van der Waals surface area contributed by atoms with E-state index in [1.165, 1.54) is 13.3 Å². The van der Waals surface area contributed by atoms with Crippen molar-refractivity contribution in [1.29, 1.82) is 0 Å². The second-order valence-corrected chi connectivity index (χ2v) is 14.6. The number of hydrogen-bond donors (Lipinski definition) is 3. The summed E-state index contributed by atoms with van der Waals surface area (Å²) >= 11 is 7.12. The molecule has 44 heavy (non-hydrogen) atoms. The van der Waals surface area contributed by atoms with Gasteiger partial charge >= 0.3 is 13.7 Å². The van der Waals surface area contributed by atoms with Crippen molar-refractivity contribution < 1.29 is 46.9 Å². The highest BCUT2D eigenvalue weighted by Gasteiger charge is 2.58. The van der Waals surface area contributed by atoms with Gasteiger partial charge in [-0.3, -0.25) is 23.2 Å². The lowest BCUT2D eigenvalue weighted by molar-refractivity contribution is -0.149. The van der Waals surface area contributed by atoms with Crippen molar-refractivity contribution in [2.24, 2.45) is 5.41 Å². The van der Waals surface area contributed by atoms with E-state index < -0.39 is 61.4 Å². The van der Waals surface area contributed by atoms with Gasteiger partial charge in [0.25, 0.3) is 5.13 Å². The van der Waals surface area contributed by atoms with E-state index in [0.29, 0.717) is 0 Å². The molecule has 0 aromatic carbocycles. The summed E-state index contributed by atoms with van der Waals surface area (Å²) in [4.78, 5) is 36.9. The zero-order chi connectivity index (χ0) is 33.0. The van der Waals surface area contributed by atoms with Crippen LogP contribution in [0.15, 0.2) is 6.33 Å². The van der Waals surface area contributed by atoms with Gasteiger partial charge in [-0.25, -0.2) is 19.0 Å². The molecule has 0 spiro atoms. The van der Waals surface area contributed by atoms with E-state index in [0.717, 1.165) is 16.3 Å². The van der Waals surface area contributed by atoms with E-state index in [1.807, 2.05) is 0 Å². The van der Waals surface area contributed by atoms with E-state index in [9.17, 15) is 19.3 Å². The second-order valence-electron chi connectivity index (χ2n) is 11.1. The standard InChI is InChI=1S/C25H39ClFN6O9PS/c1-8-38-19-16-18(30-23(28)31-19)33(12-29-16)21-25(26,27)17(34)15(42-21)11-40-43(37,32-14(4)20(35)41-13(2)3)39-9-10-44-22(36)24(5,6)7/h12-15,17,21,34H,8-11H2,1-7H3,(H,32,37)(H2,28,30,31)/t14-,15+,17+,21+,25-,43?/m0/s1. The molecule has 1 unspecified atom stereocenters. The first-order chi connectivity index (χ1) is 20.4. The lowest BCUT2D eigenvalue weighted by Gasteiger charge is -2.25. The Labute approximate surface area is 263 Å². The molecule has 248 valence electrons. The van der Waals surface area contributed by atoms with Crippen LogP contribution < -0.4 is 15.6 Å². The van der Waals surface area contributed by atoms with Crippen LogP contribution in [0.1, 0.15) is 54.7 Å². The van der Waals surface area contributed by atoms with Gasteiger partial charge in [0.05, 0.1) is 32.3 Å². The second kappa shape index (κ2) is 14.5. The number of carbonyl (C=O) groups excluding carboxylic acids is 2. The number of imidazole rings is 1. The molecule has 1 aliphatic rings. The lowest BCUT2D eigenvalue weighted by Crippen LogP contribution is -2.39. The molecule has 2 aromatic rings. The molecule has 1 aliphatic heterocycles. The Morgan fingerprint density at radius 3 is 2.61 bits per heavy atom. The Balaban J connectivity index is 1.78. The first-order valence-corrected chi connectivity index (χ1v) is 16.7. The number of fused-ring (bicyclic) bond motifs is 1. The molecule has 6 atom stereocenters. The molecule has 3 rings (SSSR count). The number of hydrogen-bond acceptors (Lipinski definition) is 14. The number of aromatic nitrogens is 4. The van der Waals surface area contributed by atoms with Crippen LogP contribution in [0.25, 0.3) is 11.2 Å². The lowest BCUT2D eigenvalue weighted by atomic mass is 10.00. The fourth-order valence-electron chi connectivity index (χ4n) is 3.84. The monoisotopic (exact) mass is 684 g/mol. The summed E-state index contributed by atoms with van der Waals surface area (Å²) in [6, 6.07) is -1.15. The van der Waals surface area contributed by atoms with Gasteiger partial charge in [0.15, 0.2) is 22.5 Å². The average molecular weight is 685 g/mol. The van der Waals surface area contributed by atoms with Crippen LogP contribution in [0.3, 0.4) is 0 Å². The Kier molecular flexibility index (Phi) is 12.0. The molecule has 1 fully saturated rings. The summed E-state index contributed by atoms with van der Waals surface area (Å²) in [6.07, 6.45) is -4.42. The van der Waals surface area contributed by atoms with E-state index >= 15 is 4.39 Å². The molecule has 4 N–H and O–H groups in total. The van der Waals surface area contributed by atoms with Crippen LogP contribution in [0.4, 0.5) is 10.3 Å². The molecule has 1 saturated heterocycles. The molecule has 0 radical (unpaired) electrons. The topological polar surface area (TPSA) is 199 Å². The highest BCUT2D eigenvalue weighted by atomic mass is 35.5. The van der Waals surface area contributed by atoms with Crippen molar-refractivity contribution in [3.05, 3.63) is 6.33 Å². The van der Waals surface area contributed by atoms with Gasteiger partial charge in [-0.2, -0.15) is 9.97 Å². The number of carbonyl (C=O) groups is 2. The smallest absolute Gasteiger partial charge is 0.406 e. The minimum absolute atomic E-state index is 0.0258. The van der Waals surface area contributed by atoms with Gasteiger partial charge in [0.1, 0.15) is 18.2 Å². The number of thioether (sulfide) groups is 1. The third kappa shape index (κ3) is 8.78. The number of halogens is 2. The van der Waals surface area contributed by atoms with Gasteiger partial charge in [-0.05, 0) is 27.7 Å². The number of rotatable bonds is 14. The Hall–Kier alpha value is -2.11. The van der Waals surface area contributed by atoms with E-state index in [4.69, 9.17) is 40.6 Å². The number of nitrogens with two attached hydrogens (primary N) is 1. The van der Waals surface area contributed by atoms with Gasteiger partial charge in [0.2, 0.25) is 11.8 Å². The largest absolute Gasteiger partial charge is 0.476 e. The quantitative estimate of drug-likeness (QED) is 0.113. The van der Waals surface area contributed by atoms with Crippen molar-refractivity contribution in [2.75, 3.05) is 31.3 Å². The number of nitrogen functional groups attached to an aromatic ring is 1. The molecular formula is C25H39ClFN6O9PS. The molecular weight excluding hydrogens is 646 g/mol. The number of nitrogens with zero attached hydrogens (tertiary/aromatic N) is 4. The number of aliphatic hydroxyl groups is 1. The number of alkyl halides is 2. The molecule has 0 aliphatic carbocycles. The first kappa shape index (κ1) is 36.4. The molecule has 15 nitrogen and oxygen atoms in total. The zero-order valence-electron chi connectivity index (χ0n) is 25.5. The van der Waals surface area contributed by atoms with E-state index in [1.54, 1.807) is 41.5 Å². The predicted molar refractivity (Wildman–Crippen MR) is 161 cm³/mol. The number of nitrogens with one attached hydrogen (secondary N) is 1. The summed E-state index contributed by atoms with van der Waals surface area (Å²) in [5, 5.41) is 10.2. The van der Waals surface area contributed by atoms with Crippen LogP contribution in [0.5, 0.6) is 5.88 Å². The van der Waals surface area contributed by atoms with Crippen LogP contribution in [0.2, 0.25) is 0 Å². The molecule has 0 saturated carbocycles. The first-order valence-electron chi connectivity index (χ1n) is 13.8. The minimum atomic E-state index is -4.34. The summed E-state index contributed by atoms with van der Waals surface area (Å²) in [5.41, 5.74) is 5.36. The Bertz CT molecular complexity index is 1380. The zero-order valence-corrected chi connectivity index (χ0v) is 28.0. The Morgan fingerprint density at radius 2 is 2.00 bits per heavy atom. The third-order valence-corrected chi connectivity index (χ3v) is 9.35. The molecule has 19 heteroatoms. The molecule has 0 bridgehead atoms. The van der Waals surface area contributed by atoms with Crippen molar-refractivity contribution in [3.63, 3.8) is 0 Å². The SMILES string of the molecule is CCOc1nc(N)nc2c1ncn2[C@@H]1O[C@H](COP(=O)(N[C@@H](C)C(=O)OC(C)C)OCCSC(=O)C(C)(C)C)[C@@H](O)[C@@]1(F)Cl. The van der Waals surface area contributed by atoms with Crippen LogP contribution in [-0.2, 0) is 32.7 Å². The number of esters is 1. The molecule has 3 heterocycles. The Morgan fingerprint density at radius 1 is 1.32 bits per heavy atom. The van der Waals surface area contributed by atoms with Gasteiger partial charge in [0, 0.05) is 11.2 Å². The normalized spacial score (nSPS) is 24.4. The summed E-state index contributed by atoms with van der Waals surface area (Å²) in [6.45, 7) is 11.0. The number of anilines is 1. The number of ether oxygens (including phenoxy) is 3. The fourth-order valence-corrected chi connectivity index (χ4v) is 6.52. The van der Waals surface area contributed by atoms with Crippen molar-refractivity contribution in [3.8, 4) is 5.88 Å². The summed E-state index contributed by atoms with van der Waals surface area (Å²) in [7, 11) is -4.34. The van der Waals surface area contributed by atoms with Crippen LogP contribution in [-0.4, -0.2) is 90.8 Å².